The number of rotatable bonds is 5. The molecule has 26 heavy (non-hydrogen) atoms. The van der Waals surface area contributed by atoms with Gasteiger partial charge < -0.3 is 9.47 Å². The van der Waals surface area contributed by atoms with Gasteiger partial charge in [0.2, 0.25) is 0 Å². The Balaban J connectivity index is 1.80. The number of benzene rings is 2. The number of hydrazine groups is 1. The van der Waals surface area contributed by atoms with Gasteiger partial charge in [-0.2, -0.15) is 0 Å². The monoisotopic (exact) mass is 352 g/mol. The number of carbonyl (C=O) groups is 3. The molecule has 1 heterocycles. The topological polar surface area (TPSA) is 84.9 Å². The van der Waals surface area contributed by atoms with Gasteiger partial charge in [0.25, 0.3) is 11.8 Å². The van der Waals surface area contributed by atoms with Crippen molar-refractivity contribution in [3.8, 4) is 5.75 Å². The predicted molar refractivity (Wildman–Crippen MR) is 94.0 cm³/mol. The van der Waals surface area contributed by atoms with Gasteiger partial charge in [-0.1, -0.05) is 30.3 Å². The fourth-order valence-corrected chi connectivity index (χ4v) is 2.38. The molecular formula is C19H16N2O5. The van der Waals surface area contributed by atoms with E-state index >= 15 is 0 Å². The van der Waals surface area contributed by atoms with Gasteiger partial charge in [-0.05, 0) is 35.9 Å². The van der Waals surface area contributed by atoms with E-state index in [0.29, 0.717) is 17.0 Å². The van der Waals surface area contributed by atoms with E-state index in [1.54, 1.807) is 48.5 Å². The lowest BCUT2D eigenvalue weighted by molar-refractivity contribution is -0.142. The molecule has 0 spiro atoms. The van der Waals surface area contributed by atoms with Crippen molar-refractivity contribution in [1.82, 2.24) is 5.43 Å². The summed E-state index contributed by atoms with van der Waals surface area (Å²) in [6.07, 6.45) is 1.48. The van der Waals surface area contributed by atoms with E-state index in [2.05, 4.69) is 10.2 Å². The second-order valence-corrected chi connectivity index (χ2v) is 5.41. The number of amides is 2. The Labute approximate surface area is 149 Å². The van der Waals surface area contributed by atoms with E-state index in [1.165, 1.54) is 18.2 Å². The largest absolute Gasteiger partial charge is 0.482 e. The average Bonchev–Trinajstić information content (AvgIpc) is 2.95. The number of esters is 1. The van der Waals surface area contributed by atoms with E-state index in [-0.39, 0.29) is 12.2 Å². The van der Waals surface area contributed by atoms with Crippen molar-refractivity contribution in [2.45, 2.75) is 0 Å². The molecule has 1 saturated heterocycles. The van der Waals surface area contributed by atoms with E-state index in [0.717, 1.165) is 0 Å². The van der Waals surface area contributed by atoms with Crippen molar-refractivity contribution in [1.29, 1.82) is 0 Å². The predicted octanol–water partition coefficient (Wildman–Crippen LogP) is 1.70. The molecule has 0 unspecified atom stereocenters. The Morgan fingerprint density at radius 3 is 2.62 bits per heavy atom. The van der Waals surface area contributed by atoms with Crippen molar-refractivity contribution < 1.29 is 23.9 Å². The molecule has 0 aromatic heterocycles. The molecule has 1 N–H and O–H groups in total. The Kier molecular flexibility index (Phi) is 4.98. The van der Waals surface area contributed by atoms with Crippen LogP contribution in [-0.4, -0.2) is 31.5 Å². The summed E-state index contributed by atoms with van der Waals surface area (Å²) in [6, 6.07) is 15.5. The molecule has 2 aromatic carbocycles. The van der Waals surface area contributed by atoms with Gasteiger partial charge in [-0.15, -0.1) is 0 Å². The highest BCUT2D eigenvalue weighted by atomic mass is 16.6. The zero-order chi connectivity index (χ0) is 18.5. The molecule has 0 bridgehead atoms. The fourth-order valence-electron chi connectivity index (χ4n) is 2.38. The first kappa shape index (κ1) is 17.2. The maximum atomic E-state index is 12.5. The molecule has 0 radical (unpaired) electrons. The molecule has 2 aromatic rings. The molecule has 0 aliphatic carbocycles. The molecule has 1 fully saturated rings. The molecule has 0 atom stereocenters. The minimum Gasteiger partial charge on any atom is -0.482 e. The van der Waals surface area contributed by atoms with E-state index in [9.17, 15) is 14.4 Å². The lowest BCUT2D eigenvalue weighted by Crippen LogP contribution is -2.35. The van der Waals surface area contributed by atoms with Gasteiger partial charge in [0, 0.05) is 0 Å². The quantitative estimate of drug-likeness (QED) is 0.503. The summed E-state index contributed by atoms with van der Waals surface area (Å²) in [5.41, 5.74) is 3.72. The number of nitrogens with one attached hydrogen (secondary N) is 1. The number of carbonyl (C=O) groups excluding carboxylic acids is 3. The Hall–Kier alpha value is -3.61. The van der Waals surface area contributed by atoms with Crippen LogP contribution in [-0.2, 0) is 19.1 Å². The maximum Gasteiger partial charge on any atom is 0.343 e. The molecule has 7 heteroatoms. The van der Waals surface area contributed by atoms with E-state index < -0.39 is 17.8 Å². The van der Waals surface area contributed by atoms with Gasteiger partial charge in [-0.3, -0.25) is 15.0 Å². The van der Waals surface area contributed by atoms with Gasteiger partial charge in [0.15, 0.2) is 6.61 Å². The van der Waals surface area contributed by atoms with Crippen LogP contribution in [0.3, 0.4) is 0 Å². The molecule has 3 rings (SSSR count). The Morgan fingerprint density at radius 2 is 1.88 bits per heavy atom. The van der Waals surface area contributed by atoms with Crippen LogP contribution in [0.2, 0.25) is 0 Å². The van der Waals surface area contributed by atoms with E-state index in [4.69, 9.17) is 4.74 Å². The van der Waals surface area contributed by atoms with Crippen molar-refractivity contribution in [2.75, 3.05) is 18.7 Å². The number of methoxy groups -OCH3 is 1. The summed E-state index contributed by atoms with van der Waals surface area (Å²) >= 11 is 0. The van der Waals surface area contributed by atoms with Crippen LogP contribution >= 0.6 is 0 Å². The normalized spacial score (nSPS) is 15.1. The van der Waals surface area contributed by atoms with Crippen molar-refractivity contribution in [3.05, 3.63) is 65.7 Å². The van der Waals surface area contributed by atoms with Crippen molar-refractivity contribution in [3.63, 3.8) is 0 Å². The van der Waals surface area contributed by atoms with Gasteiger partial charge >= 0.3 is 5.97 Å². The molecule has 1 aliphatic heterocycles. The zero-order valence-electron chi connectivity index (χ0n) is 14.0. The van der Waals surface area contributed by atoms with Gasteiger partial charge in [0.1, 0.15) is 11.3 Å². The lowest BCUT2D eigenvalue weighted by Gasteiger charge is -2.13. The minimum absolute atomic E-state index is 0.0129. The average molecular weight is 352 g/mol. The fraction of sp³-hybridized carbons (Fsp3) is 0.105. The summed E-state index contributed by atoms with van der Waals surface area (Å²) in [5.74, 6) is -1.00. The van der Waals surface area contributed by atoms with E-state index in [1.807, 2.05) is 6.07 Å². The number of ether oxygens (including phenoxy) is 2. The standard InChI is InChI=1S/C19H16N2O5/c1-25-17(22)12-26-15-9-5-6-13(10-15)11-16-18(23)20-21(19(16)24)14-7-3-2-4-8-14/h2-11H,12H2,1H3,(H,20,23). The second kappa shape index (κ2) is 7.52. The summed E-state index contributed by atoms with van der Waals surface area (Å²) in [4.78, 5) is 35.9. The molecule has 2 amide bonds. The highest BCUT2D eigenvalue weighted by molar-refractivity contribution is 6.31. The number of hydrogen-bond donors (Lipinski definition) is 1. The van der Waals surface area contributed by atoms with Crippen molar-refractivity contribution >= 4 is 29.5 Å². The molecular weight excluding hydrogens is 336 g/mol. The van der Waals surface area contributed by atoms with Gasteiger partial charge in [0.05, 0.1) is 12.8 Å². The number of nitrogens with zero attached hydrogens (tertiary/aromatic N) is 1. The minimum atomic E-state index is -0.502. The third kappa shape index (κ3) is 3.72. The summed E-state index contributed by atoms with van der Waals surface area (Å²) in [6.45, 7) is -0.224. The van der Waals surface area contributed by atoms with Crippen LogP contribution in [0.5, 0.6) is 5.75 Å². The molecule has 132 valence electrons. The summed E-state index contributed by atoms with van der Waals surface area (Å²) in [7, 11) is 1.27. The molecule has 7 nitrogen and oxygen atoms in total. The van der Waals surface area contributed by atoms with Crippen LogP contribution in [0, 0.1) is 0 Å². The first-order valence-electron chi connectivity index (χ1n) is 7.80. The third-order valence-electron chi connectivity index (χ3n) is 3.66. The van der Waals surface area contributed by atoms with Crippen molar-refractivity contribution in [2.24, 2.45) is 0 Å². The number of hydrogen-bond acceptors (Lipinski definition) is 5. The van der Waals surface area contributed by atoms with Gasteiger partial charge in [-0.25, -0.2) is 9.80 Å². The summed E-state index contributed by atoms with van der Waals surface area (Å²) in [5, 5.41) is 1.20. The third-order valence-corrected chi connectivity index (χ3v) is 3.66. The number of anilines is 1. The first-order valence-corrected chi connectivity index (χ1v) is 7.80. The molecule has 1 aliphatic rings. The van der Waals surface area contributed by atoms with Crippen LogP contribution in [0.15, 0.2) is 60.2 Å². The highest BCUT2D eigenvalue weighted by Gasteiger charge is 2.34. The first-order chi connectivity index (χ1) is 12.6. The lowest BCUT2D eigenvalue weighted by atomic mass is 10.1. The molecule has 0 saturated carbocycles. The van der Waals surface area contributed by atoms with Crippen LogP contribution in [0.25, 0.3) is 6.08 Å². The maximum absolute atomic E-state index is 12.5. The zero-order valence-corrected chi connectivity index (χ0v) is 14.0. The SMILES string of the molecule is COC(=O)COc1cccc(C=C2C(=O)NN(c3ccccc3)C2=O)c1. The number of para-hydroxylation sites is 1. The second-order valence-electron chi connectivity index (χ2n) is 5.41. The summed E-state index contributed by atoms with van der Waals surface area (Å²) < 4.78 is 9.82. The van der Waals surface area contributed by atoms with Crippen LogP contribution in [0.1, 0.15) is 5.56 Å². The van der Waals surface area contributed by atoms with Crippen LogP contribution < -0.4 is 15.2 Å². The van der Waals surface area contributed by atoms with Crippen LogP contribution in [0.4, 0.5) is 5.69 Å². The highest BCUT2D eigenvalue weighted by Crippen LogP contribution is 2.22. The smallest absolute Gasteiger partial charge is 0.343 e. The Bertz CT molecular complexity index is 877. The Morgan fingerprint density at radius 1 is 1.12 bits per heavy atom.